The quantitative estimate of drug-likeness (QED) is 0.0657. The third-order valence-corrected chi connectivity index (χ3v) is 15.8. The van der Waals surface area contributed by atoms with Crippen LogP contribution in [0.15, 0.2) is 140 Å². The SMILES string of the molecule is Cc1cccc(C)c1-c1cc(Oc2[c-]c3c(cc2)c2ccccc2n3-c2cc(C(C)(C)C)ccn2)[c-]c(N2[CH-]N(c3c(-c4cc(C(C)(C)C)cc(C(C)(C)C)c4)cc(C(C)(C)C)cc3-c3c(F)c(F)c(F)c(F)c3F)c3ccccc32)c1.[Pt]. The summed E-state index contributed by atoms with van der Waals surface area (Å²) in [6, 6.07) is 51.1. The van der Waals surface area contributed by atoms with Crippen molar-refractivity contribution in [3.05, 3.63) is 221 Å². The summed E-state index contributed by atoms with van der Waals surface area (Å²) in [6.07, 6.45) is 1.84. The molecule has 3 heterocycles. The number of halogens is 5. The van der Waals surface area contributed by atoms with Crippen LogP contribution in [-0.2, 0) is 42.7 Å². The van der Waals surface area contributed by atoms with Gasteiger partial charge in [0.15, 0.2) is 23.3 Å². The summed E-state index contributed by atoms with van der Waals surface area (Å²) in [5, 5.41) is 2.01. The third kappa shape index (κ3) is 10.7. The number of nitrogens with zero attached hydrogens (tertiary/aromatic N) is 4. The number of aromatic nitrogens is 2. The molecule has 0 spiro atoms. The van der Waals surface area contributed by atoms with E-state index in [0.717, 1.165) is 66.6 Å². The van der Waals surface area contributed by atoms with Crippen LogP contribution >= 0.6 is 0 Å². The molecule has 428 valence electrons. The molecule has 1 aliphatic rings. The van der Waals surface area contributed by atoms with E-state index >= 15 is 22.0 Å². The van der Waals surface area contributed by atoms with Gasteiger partial charge < -0.3 is 19.1 Å². The molecule has 0 saturated carbocycles. The van der Waals surface area contributed by atoms with Crippen LogP contribution < -0.4 is 14.5 Å². The zero-order chi connectivity index (χ0) is 58.7. The summed E-state index contributed by atoms with van der Waals surface area (Å²) in [5.41, 5.74) is 9.89. The minimum Gasteiger partial charge on any atom is -0.509 e. The van der Waals surface area contributed by atoms with E-state index < -0.39 is 40.1 Å². The van der Waals surface area contributed by atoms with Crippen molar-refractivity contribution in [3.8, 4) is 50.7 Å². The van der Waals surface area contributed by atoms with Crippen LogP contribution in [0.3, 0.4) is 0 Å². The number of hydrogen-bond donors (Lipinski definition) is 0. The molecule has 1 aliphatic heterocycles. The molecule has 0 fully saturated rings. The third-order valence-electron chi connectivity index (χ3n) is 15.8. The fourth-order valence-electron chi connectivity index (χ4n) is 11.1. The molecule has 0 aliphatic carbocycles. The molecule has 83 heavy (non-hydrogen) atoms. The van der Waals surface area contributed by atoms with E-state index in [1.165, 1.54) is 0 Å². The van der Waals surface area contributed by atoms with Crippen LogP contribution in [0.1, 0.15) is 116 Å². The molecule has 11 rings (SSSR count). The van der Waals surface area contributed by atoms with Crippen molar-refractivity contribution in [1.29, 1.82) is 0 Å². The van der Waals surface area contributed by atoms with Gasteiger partial charge in [-0.25, -0.2) is 26.9 Å². The zero-order valence-electron chi connectivity index (χ0n) is 49.3. The van der Waals surface area contributed by atoms with Crippen molar-refractivity contribution in [2.45, 2.75) is 119 Å². The van der Waals surface area contributed by atoms with E-state index in [-0.39, 0.29) is 48.6 Å². The maximum atomic E-state index is 16.8. The summed E-state index contributed by atoms with van der Waals surface area (Å²) in [6.45, 7) is 31.0. The molecule has 0 N–H and O–H groups in total. The molecule has 11 heteroatoms. The molecule has 0 saturated heterocycles. The Bertz CT molecular complexity index is 4130. The number of benzene rings is 8. The molecule has 0 atom stereocenters. The minimum atomic E-state index is -2.23. The smallest absolute Gasteiger partial charge is 0.200 e. The Kier molecular flexibility index (Phi) is 15.0. The molecule has 5 nitrogen and oxygen atoms in total. The van der Waals surface area contributed by atoms with Crippen molar-refractivity contribution in [3.63, 3.8) is 0 Å². The second kappa shape index (κ2) is 21.3. The number of anilines is 4. The van der Waals surface area contributed by atoms with Gasteiger partial charge in [-0.15, -0.1) is 53.6 Å². The van der Waals surface area contributed by atoms with E-state index in [4.69, 9.17) is 9.72 Å². The van der Waals surface area contributed by atoms with Crippen LogP contribution in [0.2, 0.25) is 0 Å². The Balaban J connectivity index is 0.00000769. The average molecular weight is 1290 g/mol. The standard InChI is InChI=1S/C72H66F5N4O.Pt/c1-41-20-19-21-42(2)61(41)44-32-49(38-51(33-44)82-50-26-27-53-52-22-15-16-23-56(52)81(59(53)39-50)60-37-45(28-29-78-60)69(3,4)5)79-40-80(58-25-18-17-24-57(58)79)68-54(43-30-46(70(6,7)8)34-47(31-43)71(9,10)11)35-48(72(12,13)14)36-55(68)62-63(73)65(75)67(77)66(76)64(62)74;/h15-37,40H,1-14H3;/q-3;. The fourth-order valence-corrected chi connectivity index (χ4v) is 11.1. The second-order valence-electron chi connectivity index (χ2n) is 25.8. The van der Waals surface area contributed by atoms with Crippen LogP contribution in [0.5, 0.6) is 11.5 Å². The zero-order valence-corrected chi connectivity index (χ0v) is 51.5. The minimum absolute atomic E-state index is 0. The van der Waals surface area contributed by atoms with Crippen molar-refractivity contribution in [2.75, 3.05) is 9.80 Å². The van der Waals surface area contributed by atoms with E-state index in [2.05, 4.69) is 141 Å². The summed E-state index contributed by atoms with van der Waals surface area (Å²) in [7, 11) is 0. The predicted molar refractivity (Wildman–Crippen MR) is 325 cm³/mol. The predicted octanol–water partition coefficient (Wildman–Crippen LogP) is 20.5. The van der Waals surface area contributed by atoms with E-state index in [0.29, 0.717) is 45.3 Å². The van der Waals surface area contributed by atoms with Gasteiger partial charge in [-0.2, -0.15) is 6.07 Å². The molecule has 0 radical (unpaired) electrons. The number of para-hydroxylation sites is 3. The first-order valence-electron chi connectivity index (χ1n) is 27.7. The molecule has 8 aromatic carbocycles. The molecular weight excluding hydrogens is 1230 g/mol. The first kappa shape index (κ1) is 58.6. The maximum Gasteiger partial charge on any atom is 0.200 e. The van der Waals surface area contributed by atoms with Gasteiger partial charge in [0.25, 0.3) is 0 Å². The van der Waals surface area contributed by atoms with Gasteiger partial charge in [0.2, 0.25) is 5.82 Å². The van der Waals surface area contributed by atoms with E-state index in [1.54, 1.807) is 17.6 Å². The Morgan fingerprint density at radius 1 is 0.470 bits per heavy atom. The van der Waals surface area contributed by atoms with Gasteiger partial charge >= 0.3 is 0 Å². The summed E-state index contributed by atoms with van der Waals surface area (Å²) < 4.78 is 89.3. The van der Waals surface area contributed by atoms with Crippen molar-refractivity contribution >= 4 is 44.6 Å². The number of pyridine rings is 1. The average Bonchev–Trinajstić information content (AvgIpc) is 3.39. The van der Waals surface area contributed by atoms with Gasteiger partial charge in [0, 0.05) is 72.5 Å². The molecule has 10 aromatic rings. The van der Waals surface area contributed by atoms with E-state index in [1.807, 2.05) is 111 Å². The van der Waals surface area contributed by atoms with Crippen molar-refractivity contribution in [2.24, 2.45) is 0 Å². The maximum absolute atomic E-state index is 16.8. The van der Waals surface area contributed by atoms with Crippen LogP contribution in [0, 0.1) is 61.7 Å². The summed E-state index contributed by atoms with van der Waals surface area (Å²) >= 11 is 0. The molecule has 0 unspecified atom stereocenters. The molecular formula is C72H66F5N4OPt-3. The topological polar surface area (TPSA) is 33.5 Å². The van der Waals surface area contributed by atoms with Crippen LogP contribution in [-0.4, -0.2) is 9.55 Å². The van der Waals surface area contributed by atoms with Crippen LogP contribution in [0.4, 0.5) is 44.7 Å². The van der Waals surface area contributed by atoms with E-state index in [9.17, 15) is 0 Å². The first-order chi connectivity index (χ1) is 38.6. The first-order valence-corrected chi connectivity index (χ1v) is 27.7. The number of hydrogen-bond acceptors (Lipinski definition) is 4. The van der Waals surface area contributed by atoms with Gasteiger partial charge in [-0.1, -0.05) is 155 Å². The summed E-state index contributed by atoms with van der Waals surface area (Å²) in [4.78, 5) is 8.60. The number of ether oxygens (including phenoxy) is 1. The monoisotopic (exact) mass is 1290 g/mol. The number of fused-ring (bicyclic) bond motifs is 4. The largest absolute Gasteiger partial charge is 0.509 e. The molecule has 2 aromatic heterocycles. The summed E-state index contributed by atoms with van der Waals surface area (Å²) in [5.74, 6) is -8.61. The van der Waals surface area contributed by atoms with Crippen LogP contribution in [0.25, 0.3) is 61.0 Å². The Morgan fingerprint density at radius 2 is 1.02 bits per heavy atom. The Morgan fingerprint density at radius 3 is 1.64 bits per heavy atom. The second-order valence-corrected chi connectivity index (χ2v) is 25.8. The normalized spacial score (nSPS) is 13.0. The molecule has 0 bridgehead atoms. The van der Waals surface area contributed by atoms with Gasteiger partial charge in [0.1, 0.15) is 5.82 Å². The molecule has 0 amide bonds. The van der Waals surface area contributed by atoms with Crippen molar-refractivity contribution in [1.82, 2.24) is 9.55 Å². The van der Waals surface area contributed by atoms with Gasteiger partial charge in [0.05, 0.1) is 5.56 Å². The van der Waals surface area contributed by atoms with Gasteiger partial charge in [-0.3, -0.25) is 0 Å². The fraction of sp³-hybridized carbons (Fsp3) is 0.250. The number of aryl methyl sites for hydroxylation is 2. The van der Waals surface area contributed by atoms with Gasteiger partial charge in [-0.05, 0) is 128 Å². The number of rotatable bonds is 8. The van der Waals surface area contributed by atoms with Crippen molar-refractivity contribution < 1.29 is 47.8 Å². The Labute approximate surface area is 499 Å². The Hall–Kier alpha value is -7.55.